The fourth-order valence-electron chi connectivity index (χ4n) is 2.71. The number of imidazole rings is 1. The number of nitrogens with zero attached hydrogens (tertiary/aromatic N) is 3. The summed E-state index contributed by atoms with van der Waals surface area (Å²) in [6.07, 6.45) is 11.1. The van der Waals surface area contributed by atoms with E-state index in [1.54, 1.807) is 0 Å². The average molecular weight is 237 g/mol. The van der Waals surface area contributed by atoms with Gasteiger partial charge in [0.15, 0.2) is 0 Å². The summed E-state index contributed by atoms with van der Waals surface area (Å²) in [5.41, 5.74) is -0.413. The van der Waals surface area contributed by atoms with Crippen LogP contribution in [0.15, 0.2) is 18.7 Å². The Balaban J connectivity index is 1.65. The molecule has 1 aliphatic rings. The molecule has 1 fully saturated rings. The third-order valence-electron chi connectivity index (χ3n) is 3.61. The number of likely N-dealkylation sites (N-methyl/N-ethyl adjacent to an activating group) is 1. The molecule has 1 aliphatic carbocycles. The third kappa shape index (κ3) is 3.82. The molecule has 1 saturated carbocycles. The second-order valence-corrected chi connectivity index (χ2v) is 5.32. The number of hydrogen-bond donors (Lipinski definition) is 1. The van der Waals surface area contributed by atoms with Crippen molar-refractivity contribution in [3.05, 3.63) is 18.7 Å². The van der Waals surface area contributed by atoms with Crippen LogP contribution in [0.3, 0.4) is 0 Å². The average Bonchev–Trinajstić information content (AvgIpc) is 2.90. The Labute approximate surface area is 103 Å². The van der Waals surface area contributed by atoms with Gasteiger partial charge in [-0.3, -0.25) is 0 Å². The van der Waals surface area contributed by atoms with Crippen molar-refractivity contribution in [1.82, 2.24) is 14.5 Å². The first kappa shape index (κ1) is 12.6. The summed E-state index contributed by atoms with van der Waals surface area (Å²) in [5, 5.41) is 10.3. The zero-order valence-electron chi connectivity index (χ0n) is 10.7. The molecular weight excluding hydrogens is 214 g/mol. The molecule has 0 aliphatic heterocycles. The summed E-state index contributed by atoms with van der Waals surface area (Å²) in [5.74, 6) is 0. The van der Waals surface area contributed by atoms with Crippen LogP contribution in [-0.2, 0) is 6.54 Å². The Morgan fingerprint density at radius 1 is 1.41 bits per heavy atom. The van der Waals surface area contributed by atoms with Gasteiger partial charge in [-0.1, -0.05) is 12.8 Å². The van der Waals surface area contributed by atoms with Gasteiger partial charge in [-0.25, -0.2) is 4.98 Å². The van der Waals surface area contributed by atoms with Crippen molar-refractivity contribution in [3.63, 3.8) is 0 Å². The first-order valence-corrected chi connectivity index (χ1v) is 6.55. The Hall–Kier alpha value is -0.870. The highest BCUT2D eigenvalue weighted by atomic mass is 16.3. The van der Waals surface area contributed by atoms with E-state index in [4.69, 9.17) is 0 Å². The smallest absolute Gasteiger partial charge is 0.0945 e. The lowest BCUT2D eigenvalue weighted by atomic mass is 10.0. The topological polar surface area (TPSA) is 41.3 Å². The molecule has 0 aromatic carbocycles. The maximum atomic E-state index is 10.3. The molecule has 0 spiro atoms. The van der Waals surface area contributed by atoms with Gasteiger partial charge in [-0.15, -0.1) is 0 Å². The molecule has 0 atom stereocenters. The largest absolute Gasteiger partial charge is 0.389 e. The molecule has 4 heteroatoms. The van der Waals surface area contributed by atoms with E-state index in [0.29, 0.717) is 0 Å². The molecule has 1 N–H and O–H groups in total. The fraction of sp³-hybridized carbons (Fsp3) is 0.769. The van der Waals surface area contributed by atoms with E-state index in [1.165, 1.54) is 12.8 Å². The number of aromatic nitrogens is 2. The van der Waals surface area contributed by atoms with E-state index in [-0.39, 0.29) is 0 Å². The molecular formula is C13H23N3O. The van der Waals surface area contributed by atoms with Crippen LogP contribution in [0.2, 0.25) is 0 Å². The summed E-state index contributed by atoms with van der Waals surface area (Å²) < 4.78 is 2.10. The van der Waals surface area contributed by atoms with Crippen molar-refractivity contribution in [1.29, 1.82) is 0 Å². The second kappa shape index (κ2) is 5.65. The highest BCUT2D eigenvalue weighted by Gasteiger charge is 2.31. The van der Waals surface area contributed by atoms with Crippen molar-refractivity contribution in [2.24, 2.45) is 0 Å². The second-order valence-electron chi connectivity index (χ2n) is 5.32. The van der Waals surface area contributed by atoms with Gasteiger partial charge in [0.05, 0.1) is 11.9 Å². The number of hydrogen-bond acceptors (Lipinski definition) is 3. The Morgan fingerprint density at radius 3 is 2.82 bits per heavy atom. The zero-order chi connectivity index (χ0) is 12.1. The van der Waals surface area contributed by atoms with Gasteiger partial charge in [-0.2, -0.15) is 0 Å². The zero-order valence-corrected chi connectivity index (χ0v) is 10.7. The maximum Gasteiger partial charge on any atom is 0.0945 e. The lowest BCUT2D eigenvalue weighted by molar-refractivity contribution is 0.0160. The molecule has 1 aromatic rings. The van der Waals surface area contributed by atoms with E-state index in [9.17, 15) is 5.11 Å². The highest BCUT2D eigenvalue weighted by Crippen LogP contribution is 2.29. The Kier molecular flexibility index (Phi) is 4.18. The number of rotatable bonds is 6. The SMILES string of the molecule is CN(CCCn1ccnc1)CC1(O)CCCC1. The summed E-state index contributed by atoms with van der Waals surface area (Å²) in [4.78, 5) is 6.28. The quantitative estimate of drug-likeness (QED) is 0.815. The van der Waals surface area contributed by atoms with Crippen LogP contribution in [0.1, 0.15) is 32.1 Å². The van der Waals surface area contributed by atoms with Gasteiger partial charge in [0, 0.05) is 25.5 Å². The van der Waals surface area contributed by atoms with Crippen LogP contribution >= 0.6 is 0 Å². The van der Waals surface area contributed by atoms with Gasteiger partial charge < -0.3 is 14.6 Å². The van der Waals surface area contributed by atoms with Crippen molar-refractivity contribution in [3.8, 4) is 0 Å². The van der Waals surface area contributed by atoms with Crippen LogP contribution < -0.4 is 0 Å². The van der Waals surface area contributed by atoms with Crippen molar-refractivity contribution in [2.75, 3.05) is 20.1 Å². The molecule has 96 valence electrons. The Morgan fingerprint density at radius 2 is 2.18 bits per heavy atom. The van der Waals surface area contributed by atoms with Crippen LogP contribution in [0, 0.1) is 0 Å². The van der Waals surface area contributed by atoms with Crippen molar-refractivity contribution in [2.45, 2.75) is 44.2 Å². The predicted molar refractivity (Wildman–Crippen MR) is 67.8 cm³/mol. The summed E-state index contributed by atoms with van der Waals surface area (Å²) in [6, 6.07) is 0. The van der Waals surface area contributed by atoms with Crippen molar-refractivity contribution >= 4 is 0 Å². The van der Waals surface area contributed by atoms with Gasteiger partial charge in [0.25, 0.3) is 0 Å². The van der Waals surface area contributed by atoms with E-state index in [0.717, 1.165) is 38.9 Å². The number of aryl methyl sites for hydroxylation is 1. The van der Waals surface area contributed by atoms with Gasteiger partial charge >= 0.3 is 0 Å². The molecule has 1 aromatic heterocycles. The fourth-order valence-corrected chi connectivity index (χ4v) is 2.71. The minimum Gasteiger partial charge on any atom is -0.389 e. The van der Waals surface area contributed by atoms with Gasteiger partial charge in [-0.05, 0) is 32.9 Å². The molecule has 4 nitrogen and oxygen atoms in total. The van der Waals surface area contributed by atoms with Crippen LogP contribution in [0.25, 0.3) is 0 Å². The first-order valence-electron chi connectivity index (χ1n) is 6.55. The van der Waals surface area contributed by atoms with Crippen LogP contribution in [0.5, 0.6) is 0 Å². The minimum absolute atomic E-state index is 0.413. The summed E-state index contributed by atoms with van der Waals surface area (Å²) >= 11 is 0. The first-order chi connectivity index (χ1) is 8.18. The van der Waals surface area contributed by atoms with Gasteiger partial charge in [0.2, 0.25) is 0 Å². The van der Waals surface area contributed by atoms with Gasteiger partial charge in [0.1, 0.15) is 0 Å². The lowest BCUT2D eigenvalue weighted by Gasteiger charge is -2.28. The molecule has 0 radical (unpaired) electrons. The molecule has 0 saturated heterocycles. The standard InChI is InChI=1S/C13H23N3O/c1-15(11-13(17)5-2-3-6-13)8-4-9-16-10-7-14-12-16/h7,10,12,17H,2-6,8-9,11H2,1H3. The molecule has 17 heavy (non-hydrogen) atoms. The monoisotopic (exact) mass is 237 g/mol. The molecule has 0 bridgehead atoms. The van der Waals surface area contributed by atoms with E-state index in [1.807, 2.05) is 18.7 Å². The maximum absolute atomic E-state index is 10.3. The predicted octanol–water partition coefficient (Wildman–Crippen LogP) is 1.51. The molecule has 2 rings (SSSR count). The minimum atomic E-state index is -0.413. The highest BCUT2D eigenvalue weighted by molar-refractivity contribution is 4.86. The molecule has 0 unspecified atom stereocenters. The third-order valence-corrected chi connectivity index (χ3v) is 3.61. The molecule has 0 amide bonds. The molecule has 1 heterocycles. The van der Waals surface area contributed by atoms with E-state index < -0.39 is 5.60 Å². The summed E-state index contributed by atoms with van der Waals surface area (Å²) in [6.45, 7) is 2.85. The van der Waals surface area contributed by atoms with Crippen LogP contribution in [-0.4, -0.2) is 45.3 Å². The van der Waals surface area contributed by atoms with E-state index in [2.05, 4.69) is 21.5 Å². The summed E-state index contributed by atoms with van der Waals surface area (Å²) in [7, 11) is 2.10. The van der Waals surface area contributed by atoms with Crippen LogP contribution in [0.4, 0.5) is 0 Å². The Bertz CT molecular complexity index is 317. The van der Waals surface area contributed by atoms with Crippen molar-refractivity contribution < 1.29 is 5.11 Å². The number of aliphatic hydroxyl groups is 1. The lowest BCUT2D eigenvalue weighted by Crippen LogP contribution is -2.39. The van der Waals surface area contributed by atoms with E-state index >= 15 is 0 Å². The normalized spacial score (nSPS) is 19.0.